The van der Waals surface area contributed by atoms with Crippen molar-refractivity contribution in [3.8, 4) is 0 Å². The molecule has 0 fully saturated rings. The molecule has 3 nitrogen and oxygen atoms in total. The minimum absolute atomic E-state index is 0.0316. The molecule has 0 amide bonds. The lowest BCUT2D eigenvalue weighted by Crippen LogP contribution is -2.35. The summed E-state index contributed by atoms with van der Waals surface area (Å²) in [5, 5.41) is 0. The number of hydrogen-bond donors (Lipinski definition) is 0. The highest BCUT2D eigenvalue weighted by Gasteiger charge is 2.17. The Kier molecular flexibility index (Phi) is 3.99. The van der Waals surface area contributed by atoms with Crippen molar-refractivity contribution < 1.29 is 0 Å². The zero-order valence-electron chi connectivity index (χ0n) is 9.83. The van der Waals surface area contributed by atoms with Gasteiger partial charge in [-0.3, -0.25) is 4.79 Å². The summed E-state index contributed by atoms with van der Waals surface area (Å²) in [6.45, 7) is 6.89. The second-order valence-corrected chi connectivity index (χ2v) is 4.36. The topological polar surface area (TPSA) is 23.6 Å². The Labute approximate surface area is 96.0 Å². The van der Waals surface area contributed by atoms with E-state index in [-0.39, 0.29) is 5.43 Å². The van der Waals surface area contributed by atoms with Crippen LogP contribution in [0.25, 0.3) is 0 Å². The van der Waals surface area contributed by atoms with Gasteiger partial charge in [0.05, 0.1) is 10.2 Å². The lowest BCUT2D eigenvalue weighted by molar-refractivity contribution is 0.360. The van der Waals surface area contributed by atoms with Crippen LogP contribution in [-0.4, -0.2) is 38.6 Å². The van der Waals surface area contributed by atoms with Crippen LogP contribution in [0.4, 0.5) is 5.69 Å². The van der Waals surface area contributed by atoms with Crippen LogP contribution in [0.15, 0.2) is 4.79 Å². The number of likely N-dealkylation sites (N-methyl/N-ethyl adjacent to an activating group) is 2. The summed E-state index contributed by atoms with van der Waals surface area (Å²) in [4.78, 5) is 15.7. The fourth-order valence-corrected chi connectivity index (χ4v) is 1.74. The predicted molar refractivity (Wildman–Crippen MR) is 67.1 cm³/mol. The summed E-state index contributed by atoms with van der Waals surface area (Å²) >= 11 is 4.94. The molecule has 0 bridgehead atoms. The number of hydrogen-bond acceptors (Lipinski definition) is 4. The Balaban J connectivity index is 2.60. The van der Waals surface area contributed by atoms with Gasteiger partial charge in [-0.05, 0) is 26.1 Å². The van der Waals surface area contributed by atoms with Gasteiger partial charge in [0, 0.05) is 20.1 Å². The van der Waals surface area contributed by atoms with Gasteiger partial charge in [-0.15, -0.1) is 0 Å². The molecular formula is C11H18N2OS. The van der Waals surface area contributed by atoms with Crippen molar-refractivity contribution in [3.63, 3.8) is 0 Å². The van der Waals surface area contributed by atoms with Crippen molar-refractivity contribution in [2.75, 3.05) is 38.6 Å². The van der Waals surface area contributed by atoms with E-state index >= 15 is 0 Å². The molecule has 0 aliphatic rings. The molecule has 0 unspecified atom stereocenters. The maximum absolute atomic E-state index is 11.5. The fourth-order valence-electron chi connectivity index (χ4n) is 1.54. The van der Waals surface area contributed by atoms with Crippen molar-refractivity contribution in [1.29, 1.82) is 0 Å². The van der Waals surface area contributed by atoms with Crippen LogP contribution in [-0.2, 0) is 0 Å². The highest BCUT2D eigenvalue weighted by Crippen LogP contribution is 2.17. The largest absolute Gasteiger partial charge is 0.370 e. The number of rotatable bonds is 5. The summed E-state index contributed by atoms with van der Waals surface area (Å²) in [5.41, 5.74) is 1.80. The monoisotopic (exact) mass is 226 g/mol. The normalized spacial score (nSPS) is 11.3. The molecule has 0 saturated heterocycles. The highest BCUT2D eigenvalue weighted by molar-refractivity contribution is 7.71. The van der Waals surface area contributed by atoms with Gasteiger partial charge in [0.25, 0.3) is 0 Å². The molecule has 0 aromatic heterocycles. The van der Waals surface area contributed by atoms with Gasteiger partial charge in [-0.2, -0.15) is 0 Å². The first-order chi connectivity index (χ1) is 6.99. The molecular weight excluding hydrogens is 208 g/mol. The van der Waals surface area contributed by atoms with Crippen molar-refractivity contribution in [3.05, 3.63) is 20.3 Å². The van der Waals surface area contributed by atoms with Crippen molar-refractivity contribution >= 4 is 17.9 Å². The van der Waals surface area contributed by atoms with Crippen LogP contribution >= 0.6 is 12.2 Å². The Morgan fingerprint density at radius 2 is 1.87 bits per heavy atom. The first-order valence-electron chi connectivity index (χ1n) is 5.18. The molecule has 1 aromatic rings. The Hall–Kier alpha value is -0.740. The first-order valence-corrected chi connectivity index (χ1v) is 5.59. The van der Waals surface area contributed by atoms with Gasteiger partial charge in [0.1, 0.15) is 0 Å². The molecule has 0 heterocycles. The standard InChI is InChI=1S/C11H18N2OS/c1-5-12(3)6-7-13(4)9-8(2)11(15)10(9)14/h5-7H2,1-4H3. The third-order valence-corrected chi connectivity index (χ3v) is 3.35. The van der Waals surface area contributed by atoms with Crippen LogP contribution in [0, 0.1) is 11.4 Å². The lowest BCUT2D eigenvalue weighted by Gasteiger charge is -2.25. The lowest BCUT2D eigenvalue weighted by atomic mass is 10.1. The van der Waals surface area contributed by atoms with E-state index in [4.69, 9.17) is 12.2 Å². The second kappa shape index (κ2) is 4.86. The third kappa shape index (κ3) is 2.44. The Morgan fingerprint density at radius 1 is 1.27 bits per heavy atom. The van der Waals surface area contributed by atoms with E-state index in [2.05, 4.69) is 18.9 Å². The van der Waals surface area contributed by atoms with E-state index in [1.165, 1.54) is 0 Å². The zero-order chi connectivity index (χ0) is 11.6. The molecule has 0 saturated carbocycles. The molecule has 0 N–H and O–H groups in total. The van der Waals surface area contributed by atoms with E-state index in [1.54, 1.807) is 0 Å². The van der Waals surface area contributed by atoms with Gasteiger partial charge in [0.2, 0.25) is 5.43 Å². The summed E-state index contributed by atoms with van der Waals surface area (Å²) in [6, 6.07) is 0. The van der Waals surface area contributed by atoms with Gasteiger partial charge < -0.3 is 9.80 Å². The van der Waals surface area contributed by atoms with E-state index in [1.807, 2.05) is 18.9 Å². The summed E-state index contributed by atoms with van der Waals surface area (Å²) in [7, 11) is 4.02. The zero-order valence-corrected chi connectivity index (χ0v) is 10.6. The smallest absolute Gasteiger partial charge is 0.220 e. The molecule has 1 aromatic carbocycles. The van der Waals surface area contributed by atoms with E-state index < -0.39 is 0 Å². The second-order valence-electron chi connectivity index (χ2n) is 3.95. The average molecular weight is 226 g/mol. The minimum atomic E-state index is 0.0316. The molecule has 4 heteroatoms. The fraction of sp³-hybridized carbons (Fsp3) is 0.636. The van der Waals surface area contributed by atoms with Crippen LogP contribution in [0.2, 0.25) is 0 Å². The number of nitrogens with zero attached hydrogens (tertiary/aromatic N) is 2. The summed E-state index contributed by atoms with van der Waals surface area (Å²) in [5.74, 6) is 0. The van der Waals surface area contributed by atoms with E-state index in [9.17, 15) is 4.79 Å². The molecule has 0 spiro atoms. The van der Waals surface area contributed by atoms with Crippen molar-refractivity contribution in [2.45, 2.75) is 13.8 Å². The molecule has 0 aliphatic carbocycles. The van der Waals surface area contributed by atoms with Crippen LogP contribution in [0.3, 0.4) is 0 Å². The number of anilines is 1. The van der Waals surface area contributed by atoms with Crippen LogP contribution in [0.1, 0.15) is 12.5 Å². The molecule has 1 rings (SSSR count). The quantitative estimate of drug-likeness (QED) is 0.707. The van der Waals surface area contributed by atoms with Gasteiger partial charge >= 0.3 is 0 Å². The SMILES string of the molecule is CCN(C)CCN(C)c1c(C)c(=S)c1=O. The third-order valence-electron chi connectivity index (χ3n) is 2.86. The van der Waals surface area contributed by atoms with Crippen LogP contribution < -0.4 is 10.3 Å². The maximum atomic E-state index is 11.5. The molecule has 0 radical (unpaired) electrons. The molecule has 15 heavy (non-hydrogen) atoms. The Bertz CT molecular complexity index is 407. The maximum Gasteiger partial charge on any atom is 0.220 e. The van der Waals surface area contributed by atoms with Crippen molar-refractivity contribution in [1.82, 2.24) is 4.90 Å². The van der Waals surface area contributed by atoms with Crippen molar-refractivity contribution in [2.24, 2.45) is 0 Å². The summed E-state index contributed by atoms with van der Waals surface area (Å²) in [6.07, 6.45) is 0. The predicted octanol–water partition coefficient (Wildman–Crippen LogP) is 1.35. The summed E-state index contributed by atoms with van der Waals surface area (Å²) < 4.78 is 0.501. The molecule has 0 aliphatic heterocycles. The average Bonchev–Trinajstić information content (AvgIpc) is 2.25. The first kappa shape index (κ1) is 12.3. The molecule has 0 atom stereocenters. The van der Waals surface area contributed by atoms with Gasteiger partial charge in [0.15, 0.2) is 0 Å². The minimum Gasteiger partial charge on any atom is -0.370 e. The van der Waals surface area contributed by atoms with Gasteiger partial charge in [-0.25, -0.2) is 0 Å². The van der Waals surface area contributed by atoms with E-state index in [0.29, 0.717) is 4.51 Å². The van der Waals surface area contributed by atoms with Crippen LogP contribution in [0.5, 0.6) is 0 Å². The Morgan fingerprint density at radius 3 is 2.33 bits per heavy atom. The highest BCUT2D eigenvalue weighted by atomic mass is 32.1. The molecule has 84 valence electrons. The van der Waals surface area contributed by atoms with E-state index in [0.717, 1.165) is 30.9 Å². The van der Waals surface area contributed by atoms with Gasteiger partial charge in [-0.1, -0.05) is 19.1 Å².